The van der Waals surface area contributed by atoms with E-state index in [9.17, 15) is 24.6 Å². The van der Waals surface area contributed by atoms with Crippen LogP contribution in [0.5, 0.6) is 5.75 Å². The molecule has 0 N–H and O–H groups in total. The van der Waals surface area contributed by atoms with Crippen molar-refractivity contribution in [2.75, 3.05) is 0 Å². The first kappa shape index (κ1) is 12.3. The van der Waals surface area contributed by atoms with Gasteiger partial charge in [0.2, 0.25) is 5.82 Å². The molecule has 0 aliphatic rings. The number of hydrogen-bond acceptors (Lipinski definition) is 6. The lowest BCUT2D eigenvalue weighted by molar-refractivity contribution is -0.545. The Kier molecular flexibility index (Phi) is 3.51. The van der Waals surface area contributed by atoms with E-state index in [1.165, 1.54) is 6.07 Å². The summed E-state index contributed by atoms with van der Waals surface area (Å²) in [5.41, 5.74) is -0.785. The second-order valence-corrected chi connectivity index (χ2v) is 2.75. The molecule has 1 rings (SSSR count). The molecule has 0 radical (unpaired) electrons. The SMILES string of the molecule is N#CC(Oc1ccc([N+](=O)[O-])c(F)c1)[N+](=O)[O-]. The van der Waals surface area contributed by atoms with Gasteiger partial charge in [0.15, 0.2) is 6.07 Å². The number of halogens is 1. The van der Waals surface area contributed by atoms with Crippen LogP contribution in [0.1, 0.15) is 0 Å². The molecule has 0 saturated carbocycles. The second kappa shape index (κ2) is 4.84. The van der Waals surface area contributed by atoms with Crippen molar-refractivity contribution in [2.24, 2.45) is 0 Å². The Balaban J connectivity index is 2.95. The number of hydrogen-bond donors (Lipinski definition) is 0. The van der Waals surface area contributed by atoms with Gasteiger partial charge in [0.05, 0.1) is 9.85 Å². The fraction of sp³-hybridized carbons (Fsp3) is 0.125. The standard InChI is InChI=1S/C8H4FN3O5/c9-6-3-5(1-2-7(6)11(13)14)17-8(4-10)12(15)16/h1-3,8H. The largest absolute Gasteiger partial charge is 0.442 e. The molecule has 0 aliphatic heterocycles. The van der Waals surface area contributed by atoms with E-state index in [4.69, 9.17) is 5.26 Å². The first-order chi connectivity index (χ1) is 7.95. The zero-order valence-corrected chi connectivity index (χ0v) is 8.07. The molecular weight excluding hydrogens is 237 g/mol. The molecule has 8 nitrogen and oxygen atoms in total. The monoisotopic (exact) mass is 241 g/mol. The van der Waals surface area contributed by atoms with E-state index < -0.39 is 27.6 Å². The van der Waals surface area contributed by atoms with Gasteiger partial charge in [-0.15, -0.1) is 0 Å². The van der Waals surface area contributed by atoms with Gasteiger partial charge >= 0.3 is 11.9 Å². The van der Waals surface area contributed by atoms with Crippen molar-refractivity contribution in [3.05, 3.63) is 44.2 Å². The van der Waals surface area contributed by atoms with Crippen molar-refractivity contribution >= 4 is 5.69 Å². The van der Waals surface area contributed by atoms with Gasteiger partial charge < -0.3 is 4.74 Å². The summed E-state index contributed by atoms with van der Waals surface area (Å²) in [6, 6.07) is 3.59. The van der Waals surface area contributed by atoms with E-state index in [0.29, 0.717) is 6.07 Å². The number of nitro benzene ring substituents is 1. The van der Waals surface area contributed by atoms with Crippen LogP contribution in [-0.4, -0.2) is 16.1 Å². The Morgan fingerprint density at radius 1 is 1.41 bits per heavy atom. The number of benzene rings is 1. The molecular formula is C8H4FN3O5. The molecule has 0 aromatic heterocycles. The zero-order chi connectivity index (χ0) is 13.0. The summed E-state index contributed by atoms with van der Waals surface area (Å²) in [6.45, 7) is 0. The minimum Gasteiger partial charge on any atom is -0.419 e. The summed E-state index contributed by atoms with van der Waals surface area (Å²) in [5.74, 6) is -1.54. The Morgan fingerprint density at radius 2 is 2.06 bits per heavy atom. The molecule has 1 aromatic rings. The van der Waals surface area contributed by atoms with Crippen molar-refractivity contribution in [1.29, 1.82) is 5.26 Å². The first-order valence-electron chi connectivity index (χ1n) is 4.09. The fourth-order valence-corrected chi connectivity index (χ4v) is 0.954. The molecule has 17 heavy (non-hydrogen) atoms. The van der Waals surface area contributed by atoms with Gasteiger partial charge in [-0.05, 0) is 6.07 Å². The Bertz CT molecular complexity index is 512. The van der Waals surface area contributed by atoms with E-state index >= 15 is 0 Å². The number of nitrogens with zero attached hydrogens (tertiary/aromatic N) is 3. The second-order valence-electron chi connectivity index (χ2n) is 2.75. The van der Waals surface area contributed by atoms with Crippen LogP contribution < -0.4 is 4.74 Å². The number of rotatable bonds is 4. The summed E-state index contributed by atoms with van der Waals surface area (Å²) in [6.07, 6.45) is -1.99. The van der Waals surface area contributed by atoms with Crippen LogP contribution >= 0.6 is 0 Å². The van der Waals surface area contributed by atoms with Crippen LogP contribution in [0.15, 0.2) is 18.2 Å². The molecule has 0 bridgehead atoms. The highest BCUT2D eigenvalue weighted by Crippen LogP contribution is 2.22. The maximum absolute atomic E-state index is 13.1. The van der Waals surface area contributed by atoms with Crippen molar-refractivity contribution in [1.82, 2.24) is 0 Å². The number of nitro groups is 2. The predicted molar refractivity (Wildman–Crippen MR) is 50.1 cm³/mol. The van der Waals surface area contributed by atoms with E-state index in [1.54, 1.807) is 0 Å². The van der Waals surface area contributed by atoms with Gasteiger partial charge in [-0.2, -0.15) is 9.65 Å². The molecule has 0 amide bonds. The van der Waals surface area contributed by atoms with Crippen LogP contribution in [0.3, 0.4) is 0 Å². The molecule has 9 heteroatoms. The van der Waals surface area contributed by atoms with E-state index in [0.717, 1.165) is 12.1 Å². The summed E-state index contributed by atoms with van der Waals surface area (Å²) >= 11 is 0. The van der Waals surface area contributed by atoms with Crippen LogP contribution in [0.2, 0.25) is 0 Å². The normalized spacial score (nSPS) is 11.3. The van der Waals surface area contributed by atoms with Gasteiger partial charge in [0, 0.05) is 12.1 Å². The van der Waals surface area contributed by atoms with Crippen molar-refractivity contribution in [3.8, 4) is 11.8 Å². The summed E-state index contributed by atoms with van der Waals surface area (Å²) in [5, 5.41) is 28.9. The van der Waals surface area contributed by atoms with E-state index in [2.05, 4.69) is 4.74 Å². The Labute approximate surface area is 93.1 Å². The van der Waals surface area contributed by atoms with Gasteiger partial charge in [-0.25, -0.2) is 0 Å². The van der Waals surface area contributed by atoms with Crippen LogP contribution in [-0.2, 0) is 0 Å². The lowest BCUT2D eigenvalue weighted by atomic mass is 10.3. The van der Waals surface area contributed by atoms with Gasteiger partial charge in [0.25, 0.3) is 0 Å². The smallest absolute Gasteiger partial charge is 0.419 e. The molecule has 0 fully saturated rings. The Morgan fingerprint density at radius 3 is 2.47 bits per heavy atom. The fourth-order valence-electron chi connectivity index (χ4n) is 0.954. The van der Waals surface area contributed by atoms with Crippen molar-refractivity contribution < 1.29 is 19.0 Å². The molecule has 0 saturated heterocycles. The molecule has 0 spiro atoms. The number of ether oxygens (including phenoxy) is 1. The molecule has 1 atom stereocenters. The van der Waals surface area contributed by atoms with Crippen molar-refractivity contribution in [3.63, 3.8) is 0 Å². The zero-order valence-electron chi connectivity index (χ0n) is 8.07. The summed E-state index contributed by atoms with van der Waals surface area (Å²) in [7, 11) is 0. The third-order valence-corrected chi connectivity index (χ3v) is 1.67. The molecule has 1 aromatic carbocycles. The predicted octanol–water partition coefficient (Wildman–Crippen LogP) is 1.24. The van der Waals surface area contributed by atoms with Crippen LogP contribution in [0, 0.1) is 37.4 Å². The Hall–Kier alpha value is -2.76. The molecule has 0 heterocycles. The third kappa shape index (κ3) is 2.85. The van der Waals surface area contributed by atoms with Crippen LogP contribution in [0.25, 0.3) is 0 Å². The number of nitriles is 1. The van der Waals surface area contributed by atoms with Gasteiger partial charge in [-0.1, -0.05) is 0 Å². The lowest BCUT2D eigenvalue weighted by Gasteiger charge is -2.05. The van der Waals surface area contributed by atoms with Crippen LogP contribution in [0.4, 0.5) is 10.1 Å². The van der Waals surface area contributed by atoms with Gasteiger partial charge in [0.1, 0.15) is 5.75 Å². The van der Waals surface area contributed by atoms with Crippen molar-refractivity contribution in [2.45, 2.75) is 6.23 Å². The molecule has 88 valence electrons. The average molecular weight is 241 g/mol. The minimum atomic E-state index is -1.99. The quantitative estimate of drug-likeness (QED) is 0.444. The molecule has 0 aliphatic carbocycles. The average Bonchev–Trinajstić information content (AvgIpc) is 2.24. The summed E-state index contributed by atoms with van der Waals surface area (Å²) < 4.78 is 17.6. The highest BCUT2D eigenvalue weighted by molar-refractivity contribution is 5.38. The van der Waals surface area contributed by atoms with E-state index in [-0.39, 0.29) is 5.75 Å². The van der Waals surface area contributed by atoms with Gasteiger partial charge in [-0.3, -0.25) is 20.2 Å². The highest BCUT2D eigenvalue weighted by atomic mass is 19.1. The maximum Gasteiger partial charge on any atom is 0.442 e. The van der Waals surface area contributed by atoms with E-state index in [1.807, 2.05) is 0 Å². The highest BCUT2D eigenvalue weighted by Gasteiger charge is 2.22. The summed E-state index contributed by atoms with van der Waals surface area (Å²) in [4.78, 5) is 18.6. The third-order valence-electron chi connectivity index (χ3n) is 1.67. The topological polar surface area (TPSA) is 119 Å². The maximum atomic E-state index is 13.1. The minimum absolute atomic E-state index is 0.337. The first-order valence-corrected chi connectivity index (χ1v) is 4.09. The molecule has 1 unspecified atom stereocenters. The lowest BCUT2D eigenvalue weighted by Crippen LogP contribution is -2.24.